The van der Waals surface area contributed by atoms with Crippen LogP contribution in [0.2, 0.25) is 0 Å². The molecule has 6 nitrogen and oxygen atoms in total. The van der Waals surface area contributed by atoms with Crippen LogP contribution in [0.1, 0.15) is 33.7 Å². The molecule has 0 saturated carbocycles. The minimum Gasteiger partial charge on any atom is -0.326 e. The molecule has 1 unspecified atom stereocenters. The van der Waals surface area contributed by atoms with E-state index in [0.717, 1.165) is 16.0 Å². The predicted octanol–water partition coefficient (Wildman–Crippen LogP) is 6.68. The highest BCUT2D eigenvalue weighted by Gasteiger charge is 2.22. The van der Waals surface area contributed by atoms with Crippen LogP contribution < -0.4 is 16.0 Å². The molecule has 0 fully saturated rings. The van der Waals surface area contributed by atoms with Crippen molar-refractivity contribution in [3.63, 3.8) is 0 Å². The van der Waals surface area contributed by atoms with Crippen molar-refractivity contribution in [2.75, 3.05) is 16.0 Å². The summed E-state index contributed by atoms with van der Waals surface area (Å²) in [5.41, 5.74) is 4.45. The van der Waals surface area contributed by atoms with Crippen LogP contribution in [0.5, 0.6) is 0 Å². The number of carbonyl (C=O) groups is 3. The molecule has 37 heavy (non-hydrogen) atoms. The van der Waals surface area contributed by atoms with Gasteiger partial charge in [0, 0.05) is 34.4 Å². The maximum absolute atomic E-state index is 13.4. The summed E-state index contributed by atoms with van der Waals surface area (Å²) in [6, 6.07) is 31.4. The first-order valence-corrected chi connectivity index (χ1v) is 12.6. The molecule has 4 aromatic carbocycles. The number of nitrogens with one attached hydrogen (secondary N) is 3. The van der Waals surface area contributed by atoms with Gasteiger partial charge in [0.15, 0.2) is 0 Å². The number of benzene rings is 4. The zero-order chi connectivity index (χ0) is 26.2. The third-order valence-electron chi connectivity index (χ3n) is 5.47. The van der Waals surface area contributed by atoms with Gasteiger partial charge < -0.3 is 16.0 Å². The molecule has 0 spiro atoms. The standard InChI is InChI=1S/C30H27N3O3S/c1-20-11-13-23(14-12-20)29(35)33-26-9-6-10-27(19-26)37-28(22-7-4-3-5-8-22)30(36)32-25-17-15-24(16-18-25)31-21(2)34/h3-19,28H,1-2H3,(H,31,34)(H,32,36)(H,33,35). The minimum atomic E-state index is -0.528. The lowest BCUT2D eigenvalue weighted by molar-refractivity contribution is -0.116. The van der Waals surface area contributed by atoms with Crippen LogP contribution in [0.25, 0.3) is 0 Å². The predicted molar refractivity (Wildman–Crippen MR) is 150 cm³/mol. The molecule has 7 heteroatoms. The van der Waals surface area contributed by atoms with E-state index in [9.17, 15) is 14.4 Å². The Labute approximate surface area is 220 Å². The summed E-state index contributed by atoms with van der Waals surface area (Å²) in [4.78, 5) is 38.1. The lowest BCUT2D eigenvalue weighted by Crippen LogP contribution is -2.19. The Bertz CT molecular complexity index is 1390. The van der Waals surface area contributed by atoms with Crippen molar-refractivity contribution in [3.8, 4) is 0 Å². The van der Waals surface area contributed by atoms with Crippen molar-refractivity contribution in [2.45, 2.75) is 24.0 Å². The van der Waals surface area contributed by atoms with Gasteiger partial charge >= 0.3 is 0 Å². The van der Waals surface area contributed by atoms with Gasteiger partial charge in [-0.3, -0.25) is 14.4 Å². The fraction of sp³-hybridized carbons (Fsp3) is 0.100. The second kappa shape index (κ2) is 12.1. The van der Waals surface area contributed by atoms with Gasteiger partial charge in [0.1, 0.15) is 5.25 Å². The molecule has 0 aliphatic rings. The molecule has 186 valence electrons. The average Bonchev–Trinajstić information content (AvgIpc) is 2.89. The lowest BCUT2D eigenvalue weighted by Gasteiger charge is -2.18. The first-order valence-electron chi connectivity index (χ1n) is 11.8. The Morgan fingerprint density at radius 2 is 1.32 bits per heavy atom. The Morgan fingerprint density at radius 3 is 1.97 bits per heavy atom. The molecule has 0 aliphatic carbocycles. The molecule has 3 N–H and O–H groups in total. The van der Waals surface area contributed by atoms with Crippen LogP contribution >= 0.6 is 11.8 Å². The third kappa shape index (κ3) is 7.32. The third-order valence-corrected chi connectivity index (χ3v) is 6.72. The minimum absolute atomic E-state index is 0.158. The number of hydrogen-bond donors (Lipinski definition) is 3. The zero-order valence-corrected chi connectivity index (χ0v) is 21.3. The molecule has 0 bridgehead atoms. The number of aryl methyl sites for hydroxylation is 1. The Balaban J connectivity index is 1.50. The maximum atomic E-state index is 13.4. The summed E-state index contributed by atoms with van der Waals surface area (Å²) < 4.78 is 0. The number of rotatable bonds is 8. The first kappa shape index (κ1) is 25.7. The fourth-order valence-electron chi connectivity index (χ4n) is 3.64. The van der Waals surface area contributed by atoms with Crippen LogP contribution in [0.4, 0.5) is 17.1 Å². The quantitative estimate of drug-likeness (QED) is 0.231. The second-order valence-electron chi connectivity index (χ2n) is 8.50. The maximum Gasteiger partial charge on any atom is 0.255 e. The molecule has 0 radical (unpaired) electrons. The molecule has 0 heterocycles. The van der Waals surface area contributed by atoms with Gasteiger partial charge in [0.2, 0.25) is 11.8 Å². The van der Waals surface area contributed by atoms with Gasteiger partial charge in [0.25, 0.3) is 5.91 Å². The van der Waals surface area contributed by atoms with Crippen molar-refractivity contribution in [1.82, 2.24) is 0 Å². The number of carbonyl (C=O) groups excluding carboxylic acids is 3. The van der Waals surface area contributed by atoms with Gasteiger partial charge in [-0.2, -0.15) is 0 Å². The summed E-state index contributed by atoms with van der Waals surface area (Å²) in [5, 5.41) is 8.09. The summed E-state index contributed by atoms with van der Waals surface area (Å²) >= 11 is 1.40. The van der Waals surface area contributed by atoms with Crippen LogP contribution in [0.15, 0.2) is 108 Å². The highest BCUT2D eigenvalue weighted by molar-refractivity contribution is 8.00. The fourth-order valence-corrected chi connectivity index (χ4v) is 4.72. The van der Waals surface area contributed by atoms with Gasteiger partial charge in [-0.25, -0.2) is 0 Å². The monoisotopic (exact) mass is 509 g/mol. The van der Waals surface area contributed by atoms with Gasteiger partial charge in [-0.15, -0.1) is 11.8 Å². The van der Waals surface area contributed by atoms with E-state index in [0.29, 0.717) is 22.6 Å². The number of anilines is 3. The van der Waals surface area contributed by atoms with Crippen molar-refractivity contribution >= 4 is 46.5 Å². The average molecular weight is 510 g/mol. The SMILES string of the molecule is CC(=O)Nc1ccc(NC(=O)C(Sc2cccc(NC(=O)c3ccc(C)cc3)c2)c2ccccc2)cc1. The van der Waals surface area contributed by atoms with Gasteiger partial charge in [-0.1, -0.05) is 54.1 Å². The normalized spacial score (nSPS) is 11.3. The van der Waals surface area contributed by atoms with E-state index in [1.54, 1.807) is 36.4 Å². The number of amides is 3. The Morgan fingerprint density at radius 1 is 0.676 bits per heavy atom. The van der Waals surface area contributed by atoms with Crippen molar-refractivity contribution in [2.24, 2.45) is 0 Å². The van der Waals surface area contributed by atoms with Crippen LogP contribution in [-0.2, 0) is 9.59 Å². The number of hydrogen-bond acceptors (Lipinski definition) is 4. The molecule has 0 saturated heterocycles. The zero-order valence-electron chi connectivity index (χ0n) is 20.5. The second-order valence-corrected chi connectivity index (χ2v) is 9.68. The summed E-state index contributed by atoms with van der Waals surface area (Å²) in [7, 11) is 0. The van der Waals surface area contributed by atoms with Gasteiger partial charge in [0.05, 0.1) is 0 Å². The van der Waals surface area contributed by atoms with Crippen LogP contribution in [-0.4, -0.2) is 17.7 Å². The number of thioether (sulfide) groups is 1. The molecular formula is C30H27N3O3S. The molecule has 4 rings (SSSR count). The summed E-state index contributed by atoms with van der Waals surface area (Å²) in [6.07, 6.45) is 0. The summed E-state index contributed by atoms with van der Waals surface area (Å²) in [6.45, 7) is 3.42. The largest absolute Gasteiger partial charge is 0.326 e. The highest BCUT2D eigenvalue weighted by Crippen LogP contribution is 2.37. The van der Waals surface area contributed by atoms with Crippen molar-refractivity contribution in [3.05, 3.63) is 120 Å². The van der Waals surface area contributed by atoms with E-state index in [-0.39, 0.29) is 17.7 Å². The van der Waals surface area contributed by atoms with E-state index < -0.39 is 5.25 Å². The van der Waals surface area contributed by atoms with Crippen LogP contribution in [0, 0.1) is 6.92 Å². The Hall–Kier alpha value is -4.36. The van der Waals surface area contributed by atoms with E-state index in [1.165, 1.54) is 18.7 Å². The molecule has 0 aromatic heterocycles. The molecular weight excluding hydrogens is 482 g/mol. The summed E-state index contributed by atoms with van der Waals surface area (Å²) in [5.74, 6) is -0.533. The highest BCUT2D eigenvalue weighted by atomic mass is 32.2. The Kier molecular flexibility index (Phi) is 8.38. The smallest absolute Gasteiger partial charge is 0.255 e. The molecule has 4 aromatic rings. The molecule has 3 amide bonds. The molecule has 1 atom stereocenters. The van der Waals surface area contributed by atoms with Gasteiger partial charge in [-0.05, 0) is 67.1 Å². The lowest BCUT2D eigenvalue weighted by atomic mass is 10.1. The molecule has 0 aliphatic heterocycles. The van der Waals surface area contributed by atoms with E-state index in [4.69, 9.17) is 0 Å². The topological polar surface area (TPSA) is 87.3 Å². The van der Waals surface area contributed by atoms with Crippen molar-refractivity contribution < 1.29 is 14.4 Å². The van der Waals surface area contributed by atoms with E-state index >= 15 is 0 Å². The van der Waals surface area contributed by atoms with E-state index in [2.05, 4.69) is 16.0 Å². The van der Waals surface area contributed by atoms with Crippen molar-refractivity contribution in [1.29, 1.82) is 0 Å². The van der Waals surface area contributed by atoms with Crippen LogP contribution in [0.3, 0.4) is 0 Å². The van der Waals surface area contributed by atoms with E-state index in [1.807, 2.05) is 73.7 Å². The first-order chi connectivity index (χ1) is 17.9.